The fraction of sp³-hybridized carbons (Fsp3) is 0.875. The molecular weight excluding hydrogens is 128 g/mol. The summed E-state index contributed by atoms with van der Waals surface area (Å²) in [6.07, 6.45) is 1.88. The molecule has 1 aliphatic heterocycles. The molecule has 1 rings (SSSR count). The first-order chi connectivity index (χ1) is 4.66. The Kier molecular flexibility index (Phi) is 1.71. The van der Waals surface area contributed by atoms with Gasteiger partial charge in [0.2, 0.25) is 0 Å². The second-order valence-electron chi connectivity index (χ2n) is 2.91. The number of hydrogen-bond acceptors (Lipinski definition) is 2. The molecule has 0 N–H and O–H groups in total. The Hall–Kier alpha value is -0.530. The highest BCUT2D eigenvalue weighted by Crippen LogP contribution is 2.39. The number of ether oxygens (including phenoxy) is 1. The minimum atomic E-state index is -0.114. The maximum absolute atomic E-state index is 10.7. The Labute approximate surface area is 61.6 Å². The van der Waals surface area contributed by atoms with Gasteiger partial charge in [-0.3, -0.25) is 4.79 Å². The fourth-order valence-corrected chi connectivity index (χ4v) is 1.54. The van der Waals surface area contributed by atoms with Crippen LogP contribution in [-0.4, -0.2) is 11.6 Å². The number of esters is 1. The Balaban J connectivity index is 2.62. The SMILES string of the molecule is CCC1(CC)OC(=O)C1C. The molecule has 58 valence electrons. The van der Waals surface area contributed by atoms with Crippen molar-refractivity contribution in [2.75, 3.05) is 0 Å². The van der Waals surface area contributed by atoms with Crippen LogP contribution in [0.15, 0.2) is 0 Å². The van der Waals surface area contributed by atoms with E-state index in [1.54, 1.807) is 0 Å². The van der Waals surface area contributed by atoms with E-state index < -0.39 is 0 Å². The average Bonchev–Trinajstić information content (AvgIpc) is 1.99. The Morgan fingerprint density at radius 1 is 1.50 bits per heavy atom. The van der Waals surface area contributed by atoms with Gasteiger partial charge in [-0.25, -0.2) is 0 Å². The summed E-state index contributed by atoms with van der Waals surface area (Å²) in [7, 11) is 0. The Morgan fingerprint density at radius 3 is 2.10 bits per heavy atom. The van der Waals surface area contributed by atoms with Gasteiger partial charge in [0, 0.05) is 0 Å². The van der Waals surface area contributed by atoms with Crippen molar-refractivity contribution in [3.8, 4) is 0 Å². The topological polar surface area (TPSA) is 26.3 Å². The van der Waals surface area contributed by atoms with E-state index in [0.29, 0.717) is 0 Å². The van der Waals surface area contributed by atoms with Crippen molar-refractivity contribution in [3.05, 3.63) is 0 Å². The third-order valence-corrected chi connectivity index (χ3v) is 2.64. The first kappa shape index (κ1) is 7.58. The molecule has 1 atom stereocenters. The van der Waals surface area contributed by atoms with E-state index in [1.807, 2.05) is 6.92 Å². The van der Waals surface area contributed by atoms with Gasteiger partial charge in [-0.05, 0) is 19.8 Å². The van der Waals surface area contributed by atoms with Gasteiger partial charge < -0.3 is 4.74 Å². The van der Waals surface area contributed by atoms with Crippen molar-refractivity contribution < 1.29 is 9.53 Å². The zero-order chi connectivity index (χ0) is 7.78. The highest BCUT2D eigenvalue weighted by molar-refractivity contribution is 5.79. The molecule has 0 amide bonds. The van der Waals surface area contributed by atoms with Crippen LogP contribution in [0.1, 0.15) is 33.6 Å². The van der Waals surface area contributed by atoms with E-state index in [-0.39, 0.29) is 17.5 Å². The molecule has 0 aromatic rings. The van der Waals surface area contributed by atoms with Crippen molar-refractivity contribution in [2.45, 2.75) is 39.2 Å². The molecule has 0 aromatic carbocycles. The minimum absolute atomic E-state index is 0.0382. The molecule has 1 saturated heterocycles. The van der Waals surface area contributed by atoms with Gasteiger partial charge in [-0.1, -0.05) is 13.8 Å². The smallest absolute Gasteiger partial charge is 0.313 e. The maximum Gasteiger partial charge on any atom is 0.313 e. The monoisotopic (exact) mass is 142 g/mol. The van der Waals surface area contributed by atoms with Crippen molar-refractivity contribution in [1.82, 2.24) is 0 Å². The average molecular weight is 142 g/mol. The lowest BCUT2D eigenvalue weighted by Gasteiger charge is -2.45. The molecular formula is C8H14O2. The molecule has 0 aromatic heterocycles. The zero-order valence-corrected chi connectivity index (χ0v) is 6.81. The molecule has 0 bridgehead atoms. The molecule has 2 nitrogen and oxygen atoms in total. The van der Waals surface area contributed by atoms with Gasteiger partial charge in [-0.2, -0.15) is 0 Å². The summed E-state index contributed by atoms with van der Waals surface area (Å²) in [5.41, 5.74) is -0.114. The van der Waals surface area contributed by atoms with E-state index >= 15 is 0 Å². The standard InChI is InChI=1S/C8H14O2/c1-4-8(5-2)6(3)7(9)10-8/h6H,4-5H2,1-3H3. The summed E-state index contributed by atoms with van der Waals surface area (Å²) in [6.45, 7) is 6.07. The molecule has 2 heteroatoms. The highest BCUT2D eigenvalue weighted by atomic mass is 16.6. The summed E-state index contributed by atoms with van der Waals surface area (Å²) >= 11 is 0. The number of carbonyl (C=O) groups is 1. The molecule has 1 aliphatic rings. The van der Waals surface area contributed by atoms with E-state index in [2.05, 4.69) is 13.8 Å². The van der Waals surface area contributed by atoms with Crippen molar-refractivity contribution in [3.63, 3.8) is 0 Å². The van der Waals surface area contributed by atoms with E-state index in [0.717, 1.165) is 12.8 Å². The van der Waals surface area contributed by atoms with E-state index in [1.165, 1.54) is 0 Å². The lowest BCUT2D eigenvalue weighted by atomic mass is 9.79. The third-order valence-electron chi connectivity index (χ3n) is 2.64. The van der Waals surface area contributed by atoms with E-state index in [4.69, 9.17) is 4.74 Å². The van der Waals surface area contributed by atoms with Crippen LogP contribution >= 0.6 is 0 Å². The molecule has 1 heterocycles. The van der Waals surface area contributed by atoms with Crippen molar-refractivity contribution in [1.29, 1.82) is 0 Å². The summed E-state index contributed by atoms with van der Waals surface area (Å²) in [6, 6.07) is 0. The number of cyclic esters (lactones) is 1. The normalized spacial score (nSPS) is 29.1. The summed E-state index contributed by atoms with van der Waals surface area (Å²) < 4.78 is 5.10. The number of hydrogen-bond donors (Lipinski definition) is 0. The second-order valence-corrected chi connectivity index (χ2v) is 2.91. The van der Waals surface area contributed by atoms with E-state index in [9.17, 15) is 4.79 Å². The van der Waals surface area contributed by atoms with Crippen LogP contribution in [0.3, 0.4) is 0 Å². The van der Waals surface area contributed by atoms with Gasteiger partial charge in [0.25, 0.3) is 0 Å². The molecule has 1 fully saturated rings. The van der Waals surface area contributed by atoms with Crippen LogP contribution in [0.4, 0.5) is 0 Å². The lowest BCUT2D eigenvalue weighted by Crippen LogP contribution is -2.55. The van der Waals surface area contributed by atoms with Crippen LogP contribution in [0.2, 0.25) is 0 Å². The van der Waals surface area contributed by atoms with Crippen LogP contribution in [-0.2, 0) is 9.53 Å². The highest BCUT2D eigenvalue weighted by Gasteiger charge is 2.50. The molecule has 0 radical (unpaired) electrons. The minimum Gasteiger partial charge on any atom is -0.458 e. The van der Waals surface area contributed by atoms with Crippen LogP contribution in [0.25, 0.3) is 0 Å². The largest absolute Gasteiger partial charge is 0.458 e. The summed E-state index contributed by atoms with van der Waals surface area (Å²) in [5, 5.41) is 0. The van der Waals surface area contributed by atoms with Crippen LogP contribution in [0.5, 0.6) is 0 Å². The quantitative estimate of drug-likeness (QED) is 0.549. The number of carbonyl (C=O) groups excluding carboxylic acids is 1. The lowest BCUT2D eigenvalue weighted by molar-refractivity contribution is -0.211. The van der Waals surface area contributed by atoms with Gasteiger partial charge in [-0.15, -0.1) is 0 Å². The summed E-state index contributed by atoms with van der Waals surface area (Å²) in [4.78, 5) is 10.7. The molecule has 0 aliphatic carbocycles. The molecule has 1 unspecified atom stereocenters. The Bertz CT molecular complexity index is 147. The fourth-order valence-electron chi connectivity index (χ4n) is 1.54. The third kappa shape index (κ3) is 0.746. The van der Waals surface area contributed by atoms with Gasteiger partial charge in [0.1, 0.15) is 5.60 Å². The predicted octanol–water partition coefficient (Wildman–Crippen LogP) is 1.74. The molecule has 0 saturated carbocycles. The van der Waals surface area contributed by atoms with Gasteiger partial charge >= 0.3 is 5.97 Å². The van der Waals surface area contributed by atoms with Crippen LogP contribution < -0.4 is 0 Å². The zero-order valence-electron chi connectivity index (χ0n) is 6.81. The van der Waals surface area contributed by atoms with Gasteiger partial charge in [0.05, 0.1) is 5.92 Å². The second kappa shape index (κ2) is 2.26. The van der Waals surface area contributed by atoms with Gasteiger partial charge in [0.15, 0.2) is 0 Å². The first-order valence-electron chi connectivity index (χ1n) is 3.89. The molecule has 0 spiro atoms. The molecule has 10 heavy (non-hydrogen) atoms. The van der Waals surface area contributed by atoms with Crippen molar-refractivity contribution in [2.24, 2.45) is 5.92 Å². The number of rotatable bonds is 2. The van der Waals surface area contributed by atoms with Crippen LogP contribution in [0, 0.1) is 5.92 Å². The summed E-state index contributed by atoms with van der Waals surface area (Å²) in [5.74, 6) is 0.0752. The predicted molar refractivity (Wildman–Crippen MR) is 38.6 cm³/mol. The van der Waals surface area contributed by atoms with Crippen molar-refractivity contribution >= 4 is 5.97 Å². The Morgan fingerprint density at radius 2 is 2.00 bits per heavy atom. The maximum atomic E-state index is 10.7. The first-order valence-corrected chi connectivity index (χ1v) is 3.89.